The molecule has 0 aliphatic carbocycles. The van der Waals surface area contributed by atoms with Crippen LogP contribution in [-0.4, -0.2) is 44.9 Å². The van der Waals surface area contributed by atoms with Gasteiger partial charge in [-0.15, -0.1) is 0 Å². The lowest BCUT2D eigenvalue weighted by Gasteiger charge is -2.33. The number of hydrogen-bond donors (Lipinski definition) is 1. The zero-order valence-electron chi connectivity index (χ0n) is 13.6. The summed E-state index contributed by atoms with van der Waals surface area (Å²) >= 11 is 0. The van der Waals surface area contributed by atoms with Crippen molar-refractivity contribution in [1.82, 2.24) is 4.31 Å². The minimum Gasteiger partial charge on any atom is -0.465 e. The molecular formula is C16H24N2O4S. The normalized spacial score (nSPS) is 20.9. The van der Waals surface area contributed by atoms with Crippen LogP contribution in [0.15, 0.2) is 24.3 Å². The second kappa shape index (κ2) is 7.42. The van der Waals surface area contributed by atoms with Crippen LogP contribution < -0.4 is 5.73 Å². The van der Waals surface area contributed by atoms with Crippen molar-refractivity contribution in [3.05, 3.63) is 35.4 Å². The van der Waals surface area contributed by atoms with E-state index in [9.17, 15) is 13.2 Å². The molecule has 1 fully saturated rings. The van der Waals surface area contributed by atoms with Crippen molar-refractivity contribution in [2.24, 2.45) is 11.7 Å². The number of ether oxygens (including phenoxy) is 1. The van der Waals surface area contributed by atoms with Gasteiger partial charge in [-0.2, -0.15) is 0 Å². The zero-order chi connectivity index (χ0) is 17.0. The van der Waals surface area contributed by atoms with E-state index in [1.54, 1.807) is 24.3 Å². The SMILES string of the molecule is COC(=O)c1ccccc1CS(=O)(=O)N1CCCC(C(C)N)C1. The molecule has 0 aromatic heterocycles. The van der Waals surface area contributed by atoms with Gasteiger partial charge in [0.25, 0.3) is 0 Å². The van der Waals surface area contributed by atoms with E-state index in [0.29, 0.717) is 24.2 Å². The summed E-state index contributed by atoms with van der Waals surface area (Å²) in [5.41, 5.74) is 6.68. The molecule has 6 nitrogen and oxygen atoms in total. The van der Waals surface area contributed by atoms with E-state index in [-0.39, 0.29) is 17.7 Å². The first-order valence-corrected chi connectivity index (χ1v) is 9.35. The molecule has 0 bridgehead atoms. The molecule has 1 aromatic carbocycles. The number of sulfonamides is 1. The molecule has 1 heterocycles. The van der Waals surface area contributed by atoms with Crippen LogP contribution in [0.25, 0.3) is 0 Å². The predicted molar refractivity (Wildman–Crippen MR) is 88.4 cm³/mol. The Morgan fingerprint density at radius 3 is 2.78 bits per heavy atom. The van der Waals surface area contributed by atoms with Crippen LogP contribution in [0.5, 0.6) is 0 Å². The second-order valence-corrected chi connectivity index (χ2v) is 7.99. The highest BCUT2D eigenvalue weighted by atomic mass is 32.2. The molecule has 1 aromatic rings. The average molecular weight is 340 g/mol. The van der Waals surface area contributed by atoms with Gasteiger partial charge in [-0.05, 0) is 37.3 Å². The Morgan fingerprint density at radius 1 is 1.43 bits per heavy atom. The average Bonchev–Trinajstić information content (AvgIpc) is 2.54. The summed E-state index contributed by atoms with van der Waals surface area (Å²) in [6, 6.07) is 6.61. The predicted octanol–water partition coefficient (Wildman–Crippen LogP) is 1.36. The van der Waals surface area contributed by atoms with E-state index in [2.05, 4.69) is 0 Å². The Morgan fingerprint density at radius 2 is 2.13 bits per heavy atom. The van der Waals surface area contributed by atoms with Crippen molar-refractivity contribution >= 4 is 16.0 Å². The Kier molecular flexibility index (Phi) is 5.78. The van der Waals surface area contributed by atoms with E-state index < -0.39 is 16.0 Å². The molecule has 2 N–H and O–H groups in total. The molecule has 0 spiro atoms. The largest absolute Gasteiger partial charge is 0.465 e. The summed E-state index contributed by atoms with van der Waals surface area (Å²) < 4.78 is 31.7. The number of carbonyl (C=O) groups excluding carboxylic acids is 1. The Labute approximate surface area is 137 Å². The maximum absolute atomic E-state index is 12.7. The molecule has 0 saturated carbocycles. The van der Waals surface area contributed by atoms with Gasteiger partial charge >= 0.3 is 5.97 Å². The van der Waals surface area contributed by atoms with E-state index in [0.717, 1.165) is 12.8 Å². The van der Waals surface area contributed by atoms with Crippen LogP contribution in [0, 0.1) is 5.92 Å². The van der Waals surface area contributed by atoms with Crippen molar-refractivity contribution in [2.75, 3.05) is 20.2 Å². The first kappa shape index (κ1) is 17.9. The number of carbonyl (C=O) groups is 1. The van der Waals surface area contributed by atoms with Crippen molar-refractivity contribution in [1.29, 1.82) is 0 Å². The fourth-order valence-corrected chi connectivity index (χ4v) is 4.55. The summed E-state index contributed by atoms with van der Waals surface area (Å²) in [5, 5.41) is 0. The number of hydrogen-bond acceptors (Lipinski definition) is 5. The molecule has 2 atom stereocenters. The van der Waals surface area contributed by atoms with Crippen molar-refractivity contribution in [2.45, 2.75) is 31.6 Å². The lowest BCUT2D eigenvalue weighted by atomic mass is 9.93. The first-order valence-electron chi connectivity index (χ1n) is 7.74. The minimum atomic E-state index is -3.50. The lowest BCUT2D eigenvalue weighted by Crippen LogP contribution is -2.45. The number of esters is 1. The molecule has 128 valence electrons. The standard InChI is InChI=1S/C16H24N2O4S/c1-12(17)13-7-5-9-18(10-13)23(20,21)11-14-6-3-4-8-15(14)16(19)22-2/h3-4,6,8,12-13H,5,7,9-11,17H2,1-2H3. The lowest BCUT2D eigenvalue weighted by molar-refractivity contribution is 0.0600. The number of rotatable bonds is 5. The maximum Gasteiger partial charge on any atom is 0.338 e. The summed E-state index contributed by atoms with van der Waals surface area (Å²) in [5.74, 6) is -0.554. The Balaban J connectivity index is 2.20. The minimum absolute atomic E-state index is 0.0321. The number of nitrogens with two attached hydrogens (primary N) is 1. The fraction of sp³-hybridized carbons (Fsp3) is 0.562. The number of benzene rings is 1. The highest BCUT2D eigenvalue weighted by Gasteiger charge is 2.31. The van der Waals surface area contributed by atoms with Crippen molar-refractivity contribution < 1.29 is 17.9 Å². The van der Waals surface area contributed by atoms with Crippen molar-refractivity contribution in [3.8, 4) is 0 Å². The van der Waals surface area contributed by atoms with Gasteiger partial charge in [0.1, 0.15) is 0 Å². The number of nitrogens with zero attached hydrogens (tertiary/aromatic N) is 1. The van der Waals surface area contributed by atoms with Gasteiger partial charge in [0.05, 0.1) is 18.4 Å². The van der Waals surface area contributed by atoms with Crippen molar-refractivity contribution in [3.63, 3.8) is 0 Å². The summed E-state index contributed by atoms with van der Waals surface area (Å²) in [6.07, 6.45) is 1.76. The summed E-state index contributed by atoms with van der Waals surface area (Å²) in [6.45, 7) is 2.86. The zero-order valence-corrected chi connectivity index (χ0v) is 14.4. The van der Waals surface area contributed by atoms with Gasteiger partial charge in [-0.3, -0.25) is 0 Å². The molecule has 2 rings (SSSR count). The fourth-order valence-electron chi connectivity index (χ4n) is 2.90. The molecule has 1 saturated heterocycles. The number of methoxy groups -OCH3 is 1. The highest BCUT2D eigenvalue weighted by Crippen LogP contribution is 2.24. The van der Waals surface area contributed by atoms with Gasteiger partial charge in [-0.25, -0.2) is 17.5 Å². The van der Waals surface area contributed by atoms with Crippen LogP contribution in [0.1, 0.15) is 35.7 Å². The van der Waals surface area contributed by atoms with Gasteiger partial charge in [0.2, 0.25) is 10.0 Å². The van der Waals surface area contributed by atoms with E-state index in [1.165, 1.54) is 11.4 Å². The molecule has 2 unspecified atom stereocenters. The first-order chi connectivity index (χ1) is 10.8. The van der Waals surface area contributed by atoms with E-state index in [4.69, 9.17) is 10.5 Å². The Bertz CT molecular complexity index is 658. The van der Waals surface area contributed by atoms with E-state index >= 15 is 0 Å². The van der Waals surface area contributed by atoms with Crippen LogP contribution in [0.2, 0.25) is 0 Å². The summed E-state index contributed by atoms with van der Waals surface area (Å²) in [7, 11) is -2.21. The summed E-state index contributed by atoms with van der Waals surface area (Å²) in [4.78, 5) is 11.8. The quantitative estimate of drug-likeness (QED) is 0.818. The van der Waals surface area contributed by atoms with Gasteiger partial charge in [0.15, 0.2) is 0 Å². The van der Waals surface area contributed by atoms with Crippen LogP contribution in [0.4, 0.5) is 0 Å². The van der Waals surface area contributed by atoms with Crippen LogP contribution in [-0.2, 0) is 20.5 Å². The third-order valence-corrected chi connectivity index (χ3v) is 6.11. The molecule has 1 aliphatic rings. The molecular weight excluding hydrogens is 316 g/mol. The molecule has 1 aliphatic heterocycles. The highest BCUT2D eigenvalue weighted by molar-refractivity contribution is 7.88. The van der Waals surface area contributed by atoms with Gasteiger partial charge in [-0.1, -0.05) is 18.2 Å². The van der Waals surface area contributed by atoms with Gasteiger partial charge in [0, 0.05) is 19.1 Å². The topological polar surface area (TPSA) is 89.7 Å². The molecule has 0 amide bonds. The molecule has 0 radical (unpaired) electrons. The van der Waals surface area contributed by atoms with Gasteiger partial charge < -0.3 is 10.5 Å². The van der Waals surface area contributed by atoms with Crippen LogP contribution >= 0.6 is 0 Å². The maximum atomic E-state index is 12.7. The molecule has 23 heavy (non-hydrogen) atoms. The molecule has 7 heteroatoms. The monoisotopic (exact) mass is 340 g/mol. The number of piperidine rings is 1. The third kappa shape index (κ3) is 4.31. The van der Waals surface area contributed by atoms with Crippen LogP contribution in [0.3, 0.4) is 0 Å². The Hall–Kier alpha value is -1.44. The van der Waals surface area contributed by atoms with E-state index in [1.807, 2.05) is 6.92 Å². The second-order valence-electron chi connectivity index (χ2n) is 6.02. The smallest absolute Gasteiger partial charge is 0.338 e. The third-order valence-electron chi connectivity index (χ3n) is 4.32.